The number of likely N-dealkylation sites (tertiary alicyclic amines) is 1. The van der Waals surface area contributed by atoms with Gasteiger partial charge < -0.3 is 10.6 Å². The Labute approximate surface area is 100 Å². The Morgan fingerprint density at radius 3 is 2.94 bits per heavy atom. The van der Waals surface area contributed by atoms with Gasteiger partial charge in [0.2, 0.25) is 0 Å². The second-order valence-electron chi connectivity index (χ2n) is 4.64. The number of amides is 1. The number of benzene rings is 1. The zero-order chi connectivity index (χ0) is 12.4. The maximum absolute atomic E-state index is 13.1. The number of piperidine rings is 1. The van der Waals surface area contributed by atoms with Gasteiger partial charge in [-0.15, -0.1) is 0 Å². The molecule has 2 unspecified atom stereocenters. The quantitative estimate of drug-likeness (QED) is 0.808. The normalized spacial score (nSPS) is 24.8. The molecule has 3 nitrogen and oxygen atoms in total. The van der Waals surface area contributed by atoms with Crippen LogP contribution in [0, 0.1) is 5.82 Å². The van der Waals surface area contributed by atoms with Gasteiger partial charge in [-0.05, 0) is 38.0 Å². The summed E-state index contributed by atoms with van der Waals surface area (Å²) in [6, 6.07) is 6.11. The minimum Gasteiger partial charge on any atom is -0.336 e. The second kappa shape index (κ2) is 4.84. The Hall–Kier alpha value is -1.42. The molecule has 0 saturated carbocycles. The van der Waals surface area contributed by atoms with Crippen LogP contribution in [-0.2, 0) is 0 Å². The molecule has 0 aliphatic carbocycles. The monoisotopic (exact) mass is 236 g/mol. The van der Waals surface area contributed by atoms with Crippen molar-refractivity contribution in [1.29, 1.82) is 0 Å². The molecule has 0 radical (unpaired) electrons. The van der Waals surface area contributed by atoms with E-state index in [1.165, 1.54) is 12.1 Å². The van der Waals surface area contributed by atoms with Crippen molar-refractivity contribution in [3.63, 3.8) is 0 Å². The smallest absolute Gasteiger partial charge is 0.254 e. The summed E-state index contributed by atoms with van der Waals surface area (Å²) in [6.45, 7) is 2.63. The van der Waals surface area contributed by atoms with Gasteiger partial charge in [-0.3, -0.25) is 4.79 Å². The fraction of sp³-hybridized carbons (Fsp3) is 0.462. The van der Waals surface area contributed by atoms with E-state index in [0.717, 1.165) is 12.8 Å². The summed E-state index contributed by atoms with van der Waals surface area (Å²) in [7, 11) is 0. The van der Waals surface area contributed by atoms with Crippen LogP contribution in [0.25, 0.3) is 0 Å². The van der Waals surface area contributed by atoms with Crippen molar-refractivity contribution in [3.05, 3.63) is 35.6 Å². The number of hydrogen-bond acceptors (Lipinski definition) is 2. The van der Waals surface area contributed by atoms with Crippen molar-refractivity contribution < 1.29 is 9.18 Å². The van der Waals surface area contributed by atoms with Crippen LogP contribution < -0.4 is 5.73 Å². The van der Waals surface area contributed by atoms with E-state index < -0.39 is 0 Å². The van der Waals surface area contributed by atoms with Crippen molar-refractivity contribution >= 4 is 5.91 Å². The molecule has 2 rings (SSSR count). The van der Waals surface area contributed by atoms with Gasteiger partial charge >= 0.3 is 0 Å². The number of halogens is 1. The van der Waals surface area contributed by atoms with Crippen LogP contribution in [0.3, 0.4) is 0 Å². The highest BCUT2D eigenvalue weighted by atomic mass is 19.1. The number of carbonyl (C=O) groups is 1. The third-order valence-electron chi connectivity index (χ3n) is 3.25. The molecule has 1 aliphatic heterocycles. The Bertz CT molecular complexity index is 422. The van der Waals surface area contributed by atoms with Gasteiger partial charge in [0.05, 0.1) is 0 Å². The lowest BCUT2D eigenvalue weighted by molar-refractivity contribution is 0.0618. The molecule has 1 fully saturated rings. The number of rotatable bonds is 1. The van der Waals surface area contributed by atoms with Crippen LogP contribution in [0.4, 0.5) is 4.39 Å². The Kier molecular flexibility index (Phi) is 3.43. The molecule has 1 saturated heterocycles. The van der Waals surface area contributed by atoms with E-state index in [0.29, 0.717) is 12.1 Å². The fourth-order valence-electron chi connectivity index (χ4n) is 2.30. The molecule has 92 valence electrons. The first-order valence-electron chi connectivity index (χ1n) is 5.90. The van der Waals surface area contributed by atoms with Crippen LogP contribution >= 0.6 is 0 Å². The van der Waals surface area contributed by atoms with Crippen LogP contribution in [0.1, 0.15) is 30.1 Å². The average Bonchev–Trinajstić information content (AvgIpc) is 2.28. The van der Waals surface area contributed by atoms with E-state index >= 15 is 0 Å². The van der Waals surface area contributed by atoms with E-state index in [1.54, 1.807) is 17.0 Å². The average molecular weight is 236 g/mol. The van der Waals surface area contributed by atoms with Crippen LogP contribution in [0.15, 0.2) is 24.3 Å². The van der Waals surface area contributed by atoms with Crippen molar-refractivity contribution in [2.45, 2.75) is 31.8 Å². The van der Waals surface area contributed by atoms with E-state index in [9.17, 15) is 9.18 Å². The van der Waals surface area contributed by atoms with Gasteiger partial charge in [-0.25, -0.2) is 4.39 Å². The summed E-state index contributed by atoms with van der Waals surface area (Å²) in [5, 5.41) is 0. The molecule has 1 amide bonds. The highest BCUT2D eigenvalue weighted by Crippen LogP contribution is 2.19. The lowest BCUT2D eigenvalue weighted by Crippen LogP contribution is -2.48. The lowest BCUT2D eigenvalue weighted by Gasteiger charge is -2.36. The predicted octanol–water partition coefficient (Wildman–Crippen LogP) is 1.78. The Balaban J connectivity index is 2.15. The summed E-state index contributed by atoms with van der Waals surface area (Å²) >= 11 is 0. The first kappa shape index (κ1) is 12.0. The van der Waals surface area contributed by atoms with Crippen molar-refractivity contribution in [3.8, 4) is 0 Å². The van der Waals surface area contributed by atoms with Crippen LogP contribution in [0.5, 0.6) is 0 Å². The molecular weight excluding hydrogens is 219 g/mol. The summed E-state index contributed by atoms with van der Waals surface area (Å²) in [6.07, 6.45) is 1.62. The van der Waals surface area contributed by atoms with Gasteiger partial charge in [0.25, 0.3) is 5.91 Å². The third-order valence-corrected chi connectivity index (χ3v) is 3.25. The zero-order valence-corrected chi connectivity index (χ0v) is 9.90. The van der Waals surface area contributed by atoms with E-state index in [4.69, 9.17) is 5.73 Å². The van der Waals surface area contributed by atoms with Gasteiger partial charge in [-0.2, -0.15) is 0 Å². The maximum Gasteiger partial charge on any atom is 0.254 e. The minimum absolute atomic E-state index is 0.107. The summed E-state index contributed by atoms with van der Waals surface area (Å²) in [5.74, 6) is -0.485. The van der Waals surface area contributed by atoms with Crippen LogP contribution in [0.2, 0.25) is 0 Å². The third kappa shape index (κ3) is 2.64. The van der Waals surface area contributed by atoms with Gasteiger partial charge in [0.1, 0.15) is 5.82 Å². The highest BCUT2D eigenvalue weighted by Gasteiger charge is 2.27. The summed E-state index contributed by atoms with van der Waals surface area (Å²) in [5.41, 5.74) is 6.26. The predicted molar refractivity (Wildman–Crippen MR) is 64.1 cm³/mol. The number of nitrogens with zero attached hydrogens (tertiary/aromatic N) is 1. The van der Waals surface area contributed by atoms with E-state index in [-0.39, 0.29) is 23.8 Å². The molecule has 2 atom stereocenters. The zero-order valence-electron chi connectivity index (χ0n) is 9.90. The molecular formula is C13H17FN2O. The van der Waals surface area contributed by atoms with Crippen molar-refractivity contribution in [1.82, 2.24) is 4.90 Å². The fourth-order valence-corrected chi connectivity index (χ4v) is 2.30. The number of carbonyl (C=O) groups excluding carboxylic acids is 1. The molecule has 1 aromatic carbocycles. The lowest BCUT2D eigenvalue weighted by atomic mass is 9.98. The number of nitrogens with two attached hydrogens (primary N) is 1. The SMILES string of the molecule is CC1CC(N)CCN1C(=O)c1cccc(F)c1. The number of hydrogen-bond donors (Lipinski definition) is 1. The first-order chi connectivity index (χ1) is 8.08. The molecule has 0 aromatic heterocycles. The molecule has 0 spiro atoms. The highest BCUT2D eigenvalue weighted by molar-refractivity contribution is 5.94. The maximum atomic E-state index is 13.1. The van der Waals surface area contributed by atoms with Crippen LogP contribution in [-0.4, -0.2) is 29.4 Å². The molecule has 1 aliphatic rings. The topological polar surface area (TPSA) is 46.3 Å². The Morgan fingerprint density at radius 2 is 2.29 bits per heavy atom. The van der Waals surface area contributed by atoms with E-state index in [2.05, 4.69) is 0 Å². The largest absolute Gasteiger partial charge is 0.336 e. The molecule has 17 heavy (non-hydrogen) atoms. The van der Waals surface area contributed by atoms with Crippen molar-refractivity contribution in [2.75, 3.05) is 6.54 Å². The van der Waals surface area contributed by atoms with Crippen molar-refractivity contribution in [2.24, 2.45) is 5.73 Å². The molecule has 1 heterocycles. The molecule has 0 bridgehead atoms. The molecule has 4 heteroatoms. The molecule has 2 N–H and O–H groups in total. The van der Waals surface area contributed by atoms with Gasteiger partial charge in [0, 0.05) is 24.2 Å². The Morgan fingerprint density at radius 1 is 1.53 bits per heavy atom. The first-order valence-corrected chi connectivity index (χ1v) is 5.90. The minimum atomic E-state index is -0.378. The van der Waals surface area contributed by atoms with Gasteiger partial charge in [0.15, 0.2) is 0 Å². The van der Waals surface area contributed by atoms with E-state index in [1.807, 2.05) is 6.92 Å². The van der Waals surface area contributed by atoms with Gasteiger partial charge in [-0.1, -0.05) is 6.07 Å². The second-order valence-corrected chi connectivity index (χ2v) is 4.64. The summed E-state index contributed by atoms with van der Waals surface area (Å²) in [4.78, 5) is 14.0. The standard InChI is InChI=1S/C13H17FN2O/c1-9-7-12(15)5-6-16(9)13(17)10-3-2-4-11(14)8-10/h2-4,8-9,12H,5-7,15H2,1H3. The summed E-state index contributed by atoms with van der Waals surface area (Å²) < 4.78 is 13.1. The molecule has 1 aromatic rings.